The summed E-state index contributed by atoms with van der Waals surface area (Å²) < 4.78 is 11.3. The minimum Gasteiger partial charge on any atom is -0.490 e. The molecule has 0 saturated heterocycles. The van der Waals surface area contributed by atoms with Gasteiger partial charge in [0.1, 0.15) is 6.04 Å². The molecule has 0 saturated carbocycles. The fraction of sp³-hybridized carbons (Fsp3) is 0.381. The molecule has 2 aromatic carbocycles. The number of hydrogen-bond acceptors (Lipinski definition) is 3. The van der Waals surface area contributed by atoms with E-state index in [0.717, 1.165) is 11.3 Å². The smallest absolute Gasteiger partial charge is 0.282 e. The first-order valence-electron chi connectivity index (χ1n) is 9.36. The van der Waals surface area contributed by atoms with E-state index in [1.165, 1.54) is 0 Å². The van der Waals surface area contributed by atoms with Crippen LogP contribution in [0, 0.1) is 0 Å². The minimum atomic E-state index is -0.316. The maximum atomic E-state index is 12.5. The standard InChI is InChI=1S/C21H26Cl2N2O3/c1-5-27-19-10-7-15(11-20(19)28-6-2)13(3)24-14(4)21(26)25-18-9-8-16(22)12-17(18)23/h7-14,24H,5-6H2,1-4H3,(H,25,26)/p+1/t13-,14-/m1/s1. The molecule has 0 fully saturated rings. The molecule has 1 amide bonds. The number of carbonyl (C=O) groups excluding carboxylic acids is 1. The van der Waals surface area contributed by atoms with E-state index in [4.69, 9.17) is 32.7 Å². The number of anilines is 1. The zero-order valence-corrected chi connectivity index (χ0v) is 18.1. The van der Waals surface area contributed by atoms with Crippen LogP contribution < -0.4 is 20.1 Å². The molecule has 0 aliphatic carbocycles. The van der Waals surface area contributed by atoms with E-state index in [1.54, 1.807) is 18.2 Å². The van der Waals surface area contributed by atoms with Crippen molar-refractivity contribution in [2.24, 2.45) is 0 Å². The predicted octanol–water partition coefficient (Wildman–Crippen LogP) is 4.44. The average molecular weight is 426 g/mol. The molecular formula is C21H27Cl2N2O3+. The Morgan fingerprint density at radius 3 is 2.36 bits per heavy atom. The van der Waals surface area contributed by atoms with E-state index in [9.17, 15) is 4.79 Å². The lowest BCUT2D eigenvalue weighted by molar-refractivity contribution is -0.709. The van der Waals surface area contributed by atoms with Crippen molar-refractivity contribution < 1.29 is 19.6 Å². The van der Waals surface area contributed by atoms with Gasteiger partial charge < -0.3 is 20.1 Å². The lowest BCUT2D eigenvalue weighted by Gasteiger charge is -2.19. The van der Waals surface area contributed by atoms with Gasteiger partial charge in [0, 0.05) is 10.6 Å². The van der Waals surface area contributed by atoms with Crippen LogP contribution in [0.5, 0.6) is 11.5 Å². The third kappa shape index (κ3) is 6.03. The summed E-state index contributed by atoms with van der Waals surface area (Å²) in [4.78, 5) is 12.5. The molecule has 5 nitrogen and oxygen atoms in total. The van der Waals surface area contributed by atoms with E-state index in [2.05, 4.69) is 5.32 Å². The maximum Gasteiger partial charge on any atom is 0.282 e. The van der Waals surface area contributed by atoms with E-state index in [-0.39, 0.29) is 18.0 Å². The first kappa shape index (κ1) is 22.3. The average Bonchev–Trinajstić information content (AvgIpc) is 2.65. The zero-order chi connectivity index (χ0) is 20.7. The third-order valence-electron chi connectivity index (χ3n) is 4.27. The highest BCUT2D eigenvalue weighted by atomic mass is 35.5. The number of rotatable bonds is 9. The third-order valence-corrected chi connectivity index (χ3v) is 4.82. The second-order valence-corrected chi connectivity index (χ2v) is 7.30. The molecule has 0 radical (unpaired) electrons. The van der Waals surface area contributed by atoms with Gasteiger partial charge in [0.2, 0.25) is 0 Å². The molecule has 28 heavy (non-hydrogen) atoms. The molecule has 0 heterocycles. The van der Waals surface area contributed by atoms with Gasteiger partial charge in [-0.3, -0.25) is 4.79 Å². The van der Waals surface area contributed by atoms with Crippen LogP contribution >= 0.6 is 23.2 Å². The van der Waals surface area contributed by atoms with E-state index in [1.807, 2.05) is 51.2 Å². The highest BCUT2D eigenvalue weighted by molar-refractivity contribution is 6.36. The Morgan fingerprint density at radius 1 is 1.04 bits per heavy atom. The van der Waals surface area contributed by atoms with Crippen LogP contribution in [0.4, 0.5) is 5.69 Å². The molecule has 0 aliphatic rings. The SMILES string of the molecule is CCOc1ccc([C@@H](C)[NH2+][C@H](C)C(=O)Nc2ccc(Cl)cc2Cl)cc1OCC. The largest absolute Gasteiger partial charge is 0.490 e. The highest BCUT2D eigenvalue weighted by Gasteiger charge is 2.22. The molecule has 2 rings (SSSR count). The van der Waals surface area contributed by atoms with Gasteiger partial charge in [0.15, 0.2) is 17.5 Å². The molecule has 0 aliphatic heterocycles. The fourth-order valence-corrected chi connectivity index (χ4v) is 3.28. The highest BCUT2D eigenvalue weighted by Crippen LogP contribution is 2.30. The predicted molar refractivity (Wildman–Crippen MR) is 114 cm³/mol. The van der Waals surface area contributed by atoms with Crippen molar-refractivity contribution in [2.75, 3.05) is 18.5 Å². The van der Waals surface area contributed by atoms with E-state index >= 15 is 0 Å². The minimum absolute atomic E-state index is 0.0522. The van der Waals surface area contributed by atoms with Crippen LogP contribution in [0.1, 0.15) is 39.3 Å². The Balaban J connectivity index is 2.05. The molecule has 0 aromatic heterocycles. The Labute approximate surface area is 176 Å². The van der Waals surface area contributed by atoms with E-state index in [0.29, 0.717) is 34.7 Å². The van der Waals surface area contributed by atoms with Crippen molar-refractivity contribution in [3.63, 3.8) is 0 Å². The van der Waals surface area contributed by atoms with Crippen LogP contribution in [-0.2, 0) is 4.79 Å². The topological polar surface area (TPSA) is 64.2 Å². The monoisotopic (exact) mass is 425 g/mol. The van der Waals surface area contributed by atoms with Gasteiger partial charge in [0.05, 0.1) is 23.9 Å². The van der Waals surface area contributed by atoms with Crippen LogP contribution in [0.15, 0.2) is 36.4 Å². The number of benzene rings is 2. The number of nitrogens with two attached hydrogens (primary N) is 1. The van der Waals surface area contributed by atoms with Crippen molar-refractivity contribution >= 4 is 34.8 Å². The molecular weight excluding hydrogens is 399 g/mol. The van der Waals surface area contributed by atoms with Crippen molar-refractivity contribution in [2.45, 2.75) is 39.8 Å². The molecule has 7 heteroatoms. The number of hydrogen-bond donors (Lipinski definition) is 2. The van der Waals surface area contributed by atoms with E-state index < -0.39 is 0 Å². The van der Waals surface area contributed by atoms with Crippen LogP contribution in [0.25, 0.3) is 0 Å². The van der Waals surface area contributed by atoms with Crippen molar-refractivity contribution in [1.29, 1.82) is 0 Å². The van der Waals surface area contributed by atoms with Gasteiger partial charge in [0.25, 0.3) is 5.91 Å². The Bertz CT molecular complexity index is 814. The Morgan fingerprint density at radius 2 is 1.71 bits per heavy atom. The fourth-order valence-electron chi connectivity index (χ4n) is 2.82. The lowest BCUT2D eigenvalue weighted by atomic mass is 10.1. The Kier molecular flexibility index (Phi) is 8.42. The number of amides is 1. The summed E-state index contributed by atoms with van der Waals surface area (Å²) in [5.41, 5.74) is 1.60. The summed E-state index contributed by atoms with van der Waals surface area (Å²) in [5, 5.41) is 5.77. The molecule has 2 aromatic rings. The maximum absolute atomic E-state index is 12.5. The molecule has 0 spiro atoms. The summed E-state index contributed by atoms with van der Waals surface area (Å²) >= 11 is 12.0. The quantitative estimate of drug-likeness (QED) is 0.623. The van der Waals surface area contributed by atoms with Crippen molar-refractivity contribution in [3.05, 3.63) is 52.0 Å². The van der Waals surface area contributed by atoms with Crippen LogP contribution in [0.3, 0.4) is 0 Å². The first-order chi connectivity index (χ1) is 13.3. The summed E-state index contributed by atoms with van der Waals surface area (Å²) in [7, 11) is 0. The van der Waals surface area contributed by atoms with Gasteiger partial charge in [-0.1, -0.05) is 23.2 Å². The van der Waals surface area contributed by atoms with Gasteiger partial charge in [-0.2, -0.15) is 0 Å². The number of ether oxygens (including phenoxy) is 2. The van der Waals surface area contributed by atoms with Crippen LogP contribution in [0.2, 0.25) is 10.0 Å². The number of halogens is 2. The summed E-state index contributed by atoms with van der Waals surface area (Å²) in [5.74, 6) is 1.31. The van der Waals surface area contributed by atoms with Crippen LogP contribution in [-0.4, -0.2) is 25.2 Å². The lowest BCUT2D eigenvalue weighted by Crippen LogP contribution is -2.91. The summed E-state index contributed by atoms with van der Waals surface area (Å²) in [6.45, 7) is 8.91. The zero-order valence-electron chi connectivity index (χ0n) is 16.6. The van der Waals surface area contributed by atoms with Gasteiger partial charge in [-0.25, -0.2) is 0 Å². The summed E-state index contributed by atoms with van der Waals surface area (Å²) in [6, 6.07) is 10.6. The molecule has 3 N–H and O–H groups in total. The second kappa shape index (κ2) is 10.6. The number of quaternary nitrogens is 1. The second-order valence-electron chi connectivity index (χ2n) is 6.46. The molecule has 0 unspecified atom stereocenters. The molecule has 2 atom stereocenters. The molecule has 152 valence electrons. The first-order valence-corrected chi connectivity index (χ1v) is 10.1. The summed E-state index contributed by atoms with van der Waals surface area (Å²) in [6.07, 6.45) is 0. The normalized spacial score (nSPS) is 12.9. The van der Waals surface area contributed by atoms with Gasteiger partial charge in [-0.05, 0) is 64.1 Å². The van der Waals surface area contributed by atoms with Gasteiger partial charge in [-0.15, -0.1) is 0 Å². The number of carbonyl (C=O) groups is 1. The van der Waals surface area contributed by atoms with Gasteiger partial charge >= 0.3 is 0 Å². The molecule has 0 bridgehead atoms. The number of nitrogens with one attached hydrogen (secondary N) is 1. The Hall–Kier alpha value is -1.95. The van der Waals surface area contributed by atoms with Crippen molar-refractivity contribution in [3.8, 4) is 11.5 Å². The van der Waals surface area contributed by atoms with Crippen molar-refractivity contribution in [1.82, 2.24) is 0 Å².